The zero-order valence-electron chi connectivity index (χ0n) is 10.1. The predicted molar refractivity (Wildman–Crippen MR) is 67.1 cm³/mol. The lowest BCUT2D eigenvalue weighted by atomic mass is 10.3. The van der Waals surface area contributed by atoms with Crippen molar-refractivity contribution in [2.24, 2.45) is 0 Å². The number of rotatable bonds is 5. The molecular formula is C12H15N3O3. The number of imidazole rings is 1. The van der Waals surface area contributed by atoms with E-state index in [0.717, 1.165) is 12.2 Å². The molecule has 0 aliphatic heterocycles. The van der Waals surface area contributed by atoms with E-state index in [1.54, 1.807) is 10.5 Å². The molecule has 0 aliphatic rings. The first-order valence-corrected chi connectivity index (χ1v) is 5.73. The Bertz CT molecular complexity index is 565. The van der Waals surface area contributed by atoms with E-state index in [1.165, 1.54) is 6.20 Å². The molecule has 0 aliphatic carbocycles. The van der Waals surface area contributed by atoms with E-state index in [1.807, 2.05) is 24.1 Å². The molecule has 0 atom stereocenters. The van der Waals surface area contributed by atoms with Gasteiger partial charge in [-0.05, 0) is 19.1 Å². The number of aliphatic hydroxyl groups is 1. The van der Waals surface area contributed by atoms with Crippen molar-refractivity contribution in [3.8, 4) is 0 Å². The van der Waals surface area contributed by atoms with Crippen molar-refractivity contribution in [2.75, 3.05) is 24.6 Å². The molecule has 18 heavy (non-hydrogen) atoms. The first-order valence-electron chi connectivity index (χ1n) is 5.73. The average molecular weight is 249 g/mol. The van der Waals surface area contributed by atoms with Gasteiger partial charge in [-0.2, -0.15) is 0 Å². The Balaban J connectivity index is 2.39. The van der Waals surface area contributed by atoms with Crippen LogP contribution in [-0.4, -0.2) is 45.3 Å². The lowest BCUT2D eigenvalue weighted by Gasteiger charge is -2.21. The summed E-state index contributed by atoms with van der Waals surface area (Å²) in [4.78, 5) is 16.8. The molecule has 6 heteroatoms. The second kappa shape index (κ2) is 5.05. The summed E-state index contributed by atoms with van der Waals surface area (Å²) in [7, 11) is 0. The minimum Gasteiger partial charge on any atom is -0.476 e. The van der Waals surface area contributed by atoms with Crippen LogP contribution in [0.15, 0.2) is 24.5 Å². The molecule has 2 aromatic heterocycles. The van der Waals surface area contributed by atoms with E-state index < -0.39 is 5.97 Å². The summed E-state index contributed by atoms with van der Waals surface area (Å²) in [6.07, 6.45) is 3.29. The molecule has 2 aromatic rings. The number of aliphatic hydroxyl groups excluding tert-OH is 1. The fourth-order valence-electron chi connectivity index (χ4n) is 1.86. The Hall–Kier alpha value is -2.08. The second-order valence-electron chi connectivity index (χ2n) is 3.89. The number of hydrogen-bond acceptors (Lipinski definition) is 4. The van der Waals surface area contributed by atoms with Crippen molar-refractivity contribution >= 4 is 17.3 Å². The normalized spacial score (nSPS) is 10.8. The lowest BCUT2D eigenvalue weighted by Crippen LogP contribution is -2.26. The maximum Gasteiger partial charge on any atom is 0.356 e. The van der Waals surface area contributed by atoms with Crippen molar-refractivity contribution in [1.82, 2.24) is 9.38 Å². The van der Waals surface area contributed by atoms with E-state index in [2.05, 4.69) is 4.98 Å². The summed E-state index contributed by atoms with van der Waals surface area (Å²) in [6, 6.07) is 3.63. The first-order chi connectivity index (χ1) is 8.65. The van der Waals surface area contributed by atoms with Gasteiger partial charge in [-0.25, -0.2) is 9.78 Å². The summed E-state index contributed by atoms with van der Waals surface area (Å²) in [5, 5.41) is 17.9. The SMILES string of the molecule is CCN(CCO)c1ccc2nc(C(=O)O)cn2c1. The molecule has 0 aromatic carbocycles. The largest absolute Gasteiger partial charge is 0.476 e. The summed E-state index contributed by atoms with van der Waals surface area (Å²) in [5.74, 6) is -1.04. The number of aromatic nitrogens is 2. The topological polar surface area (TPSA) is 78.1 Å². The number of hydrogen-bond donors (Lipinski definition) is 2. The summed E-state index contributed by atoms with van der Waals surface area (Å²) < 4.78 is 1.68. The van der Waals surface area contributed by atoms with Crippen LogP contribution in [0.4, 0.5) is 5.69 Å². The number of carbonyl (C=O) groups is 1. The Kier molecular flexibility index (Phi) is 3.47. The monoisotopic (exact) mass is 249 g/mol. The molecule has 0 unspecified atom stereocenters. The molecule has 6 nitrogen and oxygen atoms in total. The maximum absolute atomic E-state index is 10.8. The fourth-order valence-corrected chi connectivity index (χ4v) is 1.86. The Labute approximate surface area is 104 Å². The Morgan fingerprint density at radius 3 is 2.83 bits per heavy atom. The van der Waals surface area contributed by atoms with Crippen LogP contribution in [0.5, 0.6) is 0 Å². The number of anilines is 1. The molecule has 0 bridgehead atoms. The van der Waals surface area contributed by atoms with Crippen molar-refractivity contribution < 1.29 is 15.0 Å². The van der Waals surface area contributed by atoms with Crippen LogP contribution in [0.3, 0.4) is 0 Å². The van der Waals surface area contributed by atoms with Crippen LogP contribution in [0.2, 0.25) is 0 Å². The van der Waals surface area contributed by atoms with Crippen molar-refractivity contribution in [1.29, 1.82) is 0 Å². The van der Waals surface area contributed by atoms with E-state index in [9.17, 15) is 4.79 Å². The van der Waals surface area contributed by atoms with Gasteiger partial charge in [-0.3, -0.25) is 0 Å². The van der Waals surface area contributed by atoms with Gasteiger partial charge in [0.05, 0.1) is 12.3 Å². The van der Waals surface area contributed by atoms with Crippen LogP contribution in [0.1, 0.15) is 17.4 Å². The number of pyridine rings is 1. The summed E-state index contributed by atoms with van der Waals surface area (Å²) in [5.41, 5.74) is 1.54. The zero-order valence-corrected chi connectivity index (χ0v) is 10.1. The van der Waals surface area contributed by atoms with Crippen LogP contribution < -0.4 is 4.90 Å². The van der Waals surface area contributed by atoms with E-state index >= 15 is 0 Å². The van der Waals surface area contributed by atoms with Crippen LogP contribution in [0.25, 0.3) is 5.65 Å². The number of aromatic carboxylic acids is 1. The number of carboxylic acids is 1. The summed E-state index contributed by atoms with van der Waals surface area (Å²) >= 11 is 0. The smallest absolute Gasteiger partial charge is 0.356 e. The van der Waals surface area contributed by atoms with Gasteiger partial charge in [0, 0.05) is 25.5 Å². The molecule has 96 valence electrons. The Morgan fingerprint density at radius 1 is 1.44 bits per heavy atom. The predicted octanol–water partition coefficient (Wildman–Crippen LogP) is 0.851. The van der Waals surface area contributed by atoms with Crippen molar-refractivity contribution in [2.45, 2.75) is 6.92 Å². The molecule has 0 fully saturated rings. The minimum absolute atomic E-state index is 0.0253. The zero-order chi connectivity index (χ0) is 13.1. The van der Waals surface area contributed by atoms with Gasteiger partial charge in [-0.15, -0.1) is 0 Å². The highest BCUT2D eigenvalue weighted by atomic mass is 16.4. The highest BCUT2D eigenvalue weighted by molar-refractivity contribution is 5.86. The molecule has 0 spiro atoms. The van der Waals surface area contributed by atoms with Gasteiger partial charge in [-0.1, -0.05) is 0 Å². The maximum atomic E-state index is 10.8. The van der Waals surface area contributed by atoms with Gasteiger partial charge < -0.3 is 19.5 Å². The van der Waals surface area contributed by atoms with Gasteiger partial charge in [0.25, 0.3) is 0 Å². The van der Waals surface area contributed by atoms with Gasteiger partial charge in [0.1, 0.15) is 5.65 Å². The van der Waals surface area contributed by atoms with E-state index in [0.29, 0.717) is 12.2 Å². The number of likely N-dealkylation sites (N-methyl/N-ethyl adjacent to an activating group) is 1. The van der Waals surface area contributed by atoms with Gasteiger partial charge in [0.15, 0.2) is 5.69 Å². The minimum atomic E-state index is -1.04. The molecular weight excluding hydrogens is 234 g/mol. The third kappa shape index (κ3) is 2.28. The molecule has 2 N–H and O–H groups in total. The molecule has 0 saturated heterocycles. The van der Waals surface area contributed by atoms with Crippen molar-refractivity contribution in [3.05, 3.63) is 30.2 Å². The van der Waals surface area contributed by atoms with Crippen LogP contribution in [0, 0.1) is 0 Å². The van der Waals surface area contributed by atoms with Crippen LogP contribution in [-0.2, 0) is 0 Å². The Morgan fingerprint density at radius 2 is 2.22 bits per heavy atom. The third-order valence-corrected chi connectivity index (χ3v) is 2.77. The molecule has 0 saturated carbocycles. The molecule has 2 rings (SSSR count). The first kappa shape index (κ1) is 12.4. The molecule has 0 radical (unpaired) electrons. The quantitative estimate of drug-likeness (QED) is 0.821. The molecule has 2 heterocycles. The number of fused-ring (bicyclic) bond motifs is 1. The average Bonchev–Trinajstić information content (AvgIpc) is 2.78. The van der Waals surface area contributed by atoms with Gasteiger partial charge in [0.2, 0.25) is 0 Å². The highest BCUT2D eigenvalue weighted by Crippen LogP contribution is 2.16. The number of carboxylic acid groups (broad SMARTS) is 1. The lowest BCUT2D eigenvalue weighted by molar-refractivity contribution is 0.0691. The van der Waals surface area contributed by atoms with Gasteiger partial charge >= 0.3 is 5.97 Å². The summed E-state index contributed by atoms with van der Waals surface area (Å²) in [6.45, 7) is 3.39. The third-order valence-electron chi connectivity index (χ3n) is 2.77. The standard InChI is InChI=1S/C12H15N3O3/c1-2-14(5-6-16)9-3-4-11-13-10(12(17)18)8-15(11)7-9/h3-4,7-8,16H,2,5-6H2,1H3,(H,17,18). The number of nitrogens with zero attached hydrogens (tertiary/aromatic N) is 3. The highest BCUT2D eigenvalue weighted by Gasteiger charge is 2.10. The van der Waals surface area contributed by atoms with Crippen LogP contribution >= 0.6 is 0 Å². The molecule has 0 amide bonds. The fraction of sp³-hybridized carbons (Fsp3) is 0.333. The van der Waals surface area contributed by atoms with Crippen molar-refractivity contribution in [3.63, 3.8) is 0 Å². The van der Waals surface area contributed by atoms with E-state index in [-0.39, 0.29) is 12.3 Å². The second-order valence-corrected chi connectivity index (χ2v) is 3.89. The van der Waals surface area contributed by atoms with E-state index in [4.69, 9.17) is 10.2 Å².